The summed E-state index contributed by atoms with van der Waals surface area (Å²) < 4.78 is 39.3. The third-order valence-corrected chi connectivity index (χ3v) is 5.53. The largest absolute Gasteiger partial charge is 0.417 e. The lowest BCUT2D eigenvalue weighted by molar-refractivity contribution is -0.137. The van der Waals surface area contributed by atoms with E-state index in [1.807, 2.05) is 13.0 Å². The predicted octanol–water partition coefficient (Wildman–Crippen LogP) is 4.79. The fourth-order valence-electron chi connectivity index (χ4n) is 3.92. The molecule has 144 valence electrons. The van der Waals surface area contributed by atoms with Gasteiger partial charge in [-0.3, -0.25) is 4.98 Å². The van der Waals surface area contributed by atoms with Crippen molar-refractivity contribution >= 4 is 16.7 Å². The summed E-state index contributed by atoms with van der Waals surface area (Å²) in [6.45, 7) is 2.88. The van der Waals surface area contributed by atoms with E-state index in [2.05, 4.69) is 32.0 Å². The van der Waals surface area contributed by atoms with E-state index in [9.17, 15) is 13.2 Å². The normalized spacial score (nSPS) is 17.1. The van der Waals surface area contributed by atoms with Gasteiger partial charge in [-0.05, 0) is 55.0 Å². The molecule has 1 fully saturated rings. The molecule has 28 heavy (non-hydrogen) atoms. The topological polar surface area (TPSA) is 41.9 Å². The fraction of sp³-hybridized carbons (Fsp3) is 0.381. The van der Waals surface area contributed by atoms with Gasteiger partial charge < -0.3 is 4.90 Å². The molecule has 0 unspecified atom stereocenters. The van der Waals surface area contributed by atoms with Crippen molar-refractivity contribution in [2.24, 2.45) is 0 Å². The number of hydrogen-bond acceptors (Lipinski definition) is 4. The van der Waals surface area contributed by atoms with Gasteiger partial charge in [-0.2, -0.15) is 13.2 Å². The first-order valence-electron chi connectivity index (χ1n) is 9.47. The van der Waals surface area contributed by atoms with Crippen LogP contribution in [0, 0.1) is 6.92 Å². The summed E-state index contributed by atoms with van der Waals surface area (Å²) in [4.78, 5) is 15.3. The highest BCUT2D eigenvalue weighted by molar-refractivity contribution is 5.90. The summed E-state index contributed by atoms with van der Waals surface area (Å²) in [5.74, 6) is 2.07. The number of nitrogens with zero attached hydrogens (tertiary/aromatic N) is 4. The highest BCUT2D eigenvalue weighted by atomic mass is 19.4. The first-order valence-corrected chi connectivity index (χ1v) is 9.47. The Labute approximate surface area is 160 Å². The number of rotatable bonds is 2. The van der Waals surface area contributed by atoms with Gasteiger partial charge in [0.25, 0.3) is 0 Å². The molecule has 3 heterocycles. The van der Waals surface area contributed by atoms with Gasteiger partial charge in [-0.1, -0.05) is 6.07 Å². The SMILES string of the molecule is Cc1nc(N2CCc3ncc(C(F)(F)F)cc3C2)c2cc(C3CC3)ccc2n1. The van der Waals surface area contributed by atoms with Crippen LogP contribution in [0.1, 0.15) is 47.0 Å². The molecule has 1 aliphatic carbocycles. The summed E-state index contributed by atoms with van der Waals surface area (Å²) in [7, 11) is 0. The van der Waals surface area contributed by atoms with E-state index < -0.39 is 11.7 Å². The van der Waals surface area contributed by atoms with Gasteiger partial charge in [0.15, 0.2) is 0 Å². The van der Waals surface area contributed by atoms with Crippen LogP contribution in [0.3, 0.4) is 0 Å². The van der Waals surface area contributed by atoms with E-state index in [-0.39, 0.29) is 0 Å². The number of fused-ring (bicyclic) bond motifs is 2. The van der Waals surface area contributed by atoms with Crippen LogP contribution in [-0.2, 0) is 19.1 Å². The summed E-state index contributed by atoms with van der Waals surface area (Å²) in [6.07, 6.45) is -0.449. The predicted molar refractivity (Wildman–Crippen MR) is 100 cm³/mol. The van der Waals surface area contributed by atoms with Gasteiger partial charge in [0.05, 0.1) is 11.1 Å². The van der Waals surface area contributed by atoms with E-state index in [0.29, 0.717) is 36.8 Å². The number of alkyl halides is 3. The van der Waals surface area contributed by atoms with Crippen molar-refractivity contribution in [1.29, 1.82) is 0 Å². The Hall–Kier alpha value is -2.70. The summed E-state index contributed by atoms with van der Waals surface area (Å²) in [5.41, 5.74) is 2.81. The molecule has 4 nitrogen and oxygen atoms in total. The Morgan fingerprint density at radius 3 is 2.68 bits per heavy atom. The molecule has 1 saturated carbocycles. The summed E-state index contributed by atoms with van der Waals surface area (Å²) >= 11 is 0. The second-order valence-corrected chi connectivity index (χ2v) is 7.64. The van der Waals surface area contributed by atoms with Crippen LogP contribution in [0.5, 0.6) is 0 Å². The quantitative estimate of drug-likeness (QED) is 0.637. The molecular weight excluding hydrogens is 365 g/mol. The Morgan fingerprint density at radius 2 is 1.93 bits per heavy atom. The van der Waals surface area contributed by atoms with Crippen molar-refractivity contribution in [3.63, 3.8) is 0 Å². The number of benzene rings is 1. The second kappa shape index (κ2) is 6.15. The molecule has 1 aromatic carbocycles. The zero-order chi connectivity index (χ0) is 19.5. The average Bonchev–Trinajstić information content (AvgIpc) is 3.50. The third-order valence-electron chi connectivity index (χ3n) is 5.53. The highest BCUT2D eigenvalue weighted by Gasteiger charge is 2.33. The number of aromatic nitrogens is 3. The van der Waals surface area contributed by atoms with E-state index in [1.165, 1.54) is 24.5 Å². The van der Waals surface area contributed by atoms with E-state index in [0.717, 1.165) is 28.6 Å². The van der Waals surface area contributed by atoms with Crippen LogP contribution < -0.4 is 4.90 Å². The van der Waals surface area contributed by atoms with Gasteiger partial charge in [0.1, 0.15) is 11.6 Å². The lowest BCUT2D eigenvalue weighted by Gasteiger charge is -2.30. The van der Waals surface area contributed by atoms with Crippen LogP contribution in [0.4, 0.5) is 19.0 Å². The Kier molecular flexibility index (Phi) is 3.82. The van der Waals surface area contributed by atoms with E-state index in [1.54, 1.807) is 0 Å². The molecule has 0 spiro atoms. The average molecular weight is 384 g/mol. The first-order chi connectivity index (χ1) is 13.4. The minimum absolute atomic E-state index is 0.367. The van der Waals surface area contributed by atoms with Crippen molar-refractivity contribution in [3.8, 4) is 0 Å². The molecule has 0 amide bonds. The molecule has 0 bridgehead atoms. The minimum Gasteiger partial charge on any atom is -0.351 e. The van der Waals surface area contributed by atoms with Crippen molar-refractivity contribution in [1.82, 2.24) is 15.0 Å². The van der Waals surface area contributed by atoms with Crippen molar-refractivity contribution in [3.05, 3.63) is 58.7 Å². The molecule has 2 aliphatic rings. The fourth-order valence-corrected chi connectivity index (χ4v) is 3.92. The molecule has 0 N–H and O–H groups in total. The first kappa shape index (κ1) is 17.4. The highest BCUT2D eigenvalue weighted by Crippen LogP contribution is 2.42. The van der Waals surface area contributed by atoms with Gasteiger partial charge in [-0.15, -0.1) is 0 Å². The summed E-state index contributed by atoms with van der Waals surface area (Å²) in [6, 6.07) is 7.53. The lowest BCUT2D eigenvalue weighted by Crippen LogP contribution is -2.32. The van der Waals surface area contributed by atoms with Crippen LogP contribution in [0.15, 0.2) is 30.5 Å². The maximum atomic E-state index is 13.1. The molecule has 7 heteroatoms. The van der Waals surface area contributed by atoms with Crippen molar-refractivity contribution in [2.75, 3.05) is 11.4 Å². The van der Waals surface area contributed by atoms with Gasteiger partial charge in [0, 0.05) is 36.8 Å². The smallest absolute Gasteiger partial charge is 0.351 e. The molecular formula is C21H19F3N4. The summed E-state index contributed by atoms with van der Waals surface area (Å²) in [5, 5.41) is 0.971. The van der Waals surface area contributed by atoms with Gasteiger partial charge in [0.2, 0.25) is 0 Å². The van der Waals surface area contributed by atoms with Crippen LogP contribution in [0.25, 0.3) is 10.9 Å². The van der Waals surface area contributed by atoms with Crippen LogP contribution in [-0.4, -0.2) is 21.5 Å². The molecule has 3 aromatic rings. The zero-order valence-corrected chi connectivity index (χ0v) is 15.4. The monoisotopic (exact) mass is 384 g/mol. The van der Waals surface area contributed by atoms with Gasteiger partial charge >= 0.3 is 6.18 Å². The standard InChI is InChI=1S/C21H19F3N4/c1-12-26-19-5-4-14(13-2-3-13)9-17(19)20(27-12)28-7-6-18-15(11-28)8-16(10-25-18)21(22,23)24/h4-5,8-10,13H,2-3,6-7,11H2,1H3. The molecule has 5 rings (SSSR count). The maximum Gasteiger partial charge on any atom is 0.417 e. The maximum absolute atomic E-state index is 13.1. The molecule has 0 atom stereocenters. The van der Waals surface area contributed by atoms with Crippen LogP contribution >= 0.6 is 0 Å². The number of hydrogen-bond donors (Lipinski definition) is 0. The number of pyridine rings is 1. The van der Waals surface area contributed by atoms with Crippen molar-refractivity contribution < 1.29 is 13.2 Å². The van der Waals surface area contributed by atoms with Crippen LogP contribution in [0.2, 0.25) is 0 Å². The zero-order valence-electron chi connectivity index (χ0n) is 15.4. The molecule has 0 radical (unpaired) electrons. The number of anilines is 1. The van der Waals surface area contributed by atoms with Gasteiger partial charge in [-0.25, -0.2) is 9.97 Å². The number of halogens is 3. The third kappa shape index (κ3) is 3.08. The molecule has 0 saturated heterocycles. The molecule has 2 aromatic heterocycles. The Bertz CT molecular complexity index is 1070. The second-order valence-electron chi connectivity index (χ2n) is 7.64. The molecule has 1 aliphatic heterocycles. The Morgan fingerprint density at radius 1 is 1.11 bits per heavy atom. The van der Waals surface area contributed by atoms with E-state index in [4.69, 9.17) is 0 Å². The minimum atomic E-state index is -4.39. The van der Waals surface area contributed by atoms with Crippen molar-refractivity contribution in [2.45, 2.75) is 44.8 Å². The Balaban J connectivity index is 1.56. The lowest BCUT2D eigenvalue weighted by atomic mass is 10.0. The van der Waals surface area contributed by atoms with E-state index >= 15 is 0 Å². The number of aryl methyl sites for hydroxylation is 1.